The Hall–Kier alpha value is -2.02. The van der Waals surface area contributed by atoms with Crippen LogP contribution in [0.3, 0.4) is 0 Å². The molecule has 1 aromatic heterocycles. The first-order valence-corrected chi connectivity index (χ1v) is 7.49. The van der Waals surface area contributed by atoms with E-state index in [0.717, 1.165) is 16.9 Å². The molecule has 7 heteroatoms. The molecule has 0 aromatic carbocycles. The molecule has 0 bridgehead atoms. The maximum atomic E-state index is 12.0. The smallest absolute Gasteiger partial charge is 0.343 e. The van der Waals surface area contributed by atoms with Crippen molar-refractivity contribution in [2.75, 3.05) is 30.7 Å². The normalized spacial score (nSPS) is 10.0. The molecule has 0 fully saturated rings. The Morgan fingerprint density at radius 3 is 2.57 bits per heavy atom. The number of ether oxygens (including phenoxy) is 1. The lowest BCUT2D eigenvalue weighted by Crippen LogP contribution is -2.22. The zero-order valence-corrected chi connectivity index (χ0v) is 13.4. The van der Waals surface area contributed by atoms with Crippen LogP contribution in [0.4, 0.5) is 10.7 Å². The van der Waals surface area contributed by atoms with Crippen molar-refractivity contribution in [2.45, 2.75) is 20.8 Å². The molecular weight excluding hydrogens is 290 g/mol. The first-order valence-electron chi connectivity index (χ1n) is 6.68. The largest absolute Gasteiger partial charge is 0.462 e. The molecule has 4 N–H and O–H groups in total. The number of nitrogens with one attached hydrogen (secondary N) is 2. The van der Waals surface area contributed by atoms with E-state index >= 15 is 0 Å². The first-order chi connectivity index (χ1) is 9.92. The first kappa shape index (κ1) is 17.0. The van der Waals surface area contributed by atoms with Gasteiger partial charge >= 0.3 is 5.97 Å². The Morgan fingerprint density at radius 1 is 1.38 bits per heavy atom. The predicted molar refractivity (Wildman–Crippen MR) is 86.0 cm³/mol. The second-order valence-electron chi connectivity index (χ2n) is 4.44. The molecule has 0 aliphatic rings. The molecule has 21 heavy (non-hydrogen) atoms. The van der Waals surface area contributed by atoms with E-state index in [1.807, 2.05) is 13.8 Å². The van der Waals surface area contributed by atoms with Gasteiger partial charge in [0.05, 0.1) is 12.3 Å². The molecule has 0 atom stereocenters. The van der Waals surface area contributed by atoms with Crippen molar-refractivity contribution < 1.29 is 14.3 Å². The van der Waals surface area contributed by atoms with Crippen molar-refractivity contribution in [1.29, 1.82) is 0 Å². The molecule has 6 nitrogen and oxygen atoms in total. The molecule has 0 spiro atoms. The Bertz CT molecular complexity index is 552. The van der Waals surface area contributed by atoms with Crippen molar-refractivity contribution in [1.82, 2.24) is 5.32 Å². The number of amides is 1. The predicted octanol–water partition coefficient (Wildman–Crippen LogP) is 2.24. The number of hydrogen-bond donors (Lipinski definition) is 3. The molecular formula is C14H21N3O3S. The third-order valence-corrected chi connectivity index (χ3v) is 3.68. The molecule has 0 aliphatic carbocycles. The molecule has 1 amide bonds. The fraction of sp³-hybridized carbons (Fsp3) is 0.429. The van der Waals surface area contributed by atoms with Crippen molar-refractivity contribution in [3.8, 4) is 0 Å². The van der Waals surface area contributed by atoms with Gasteiger partial charge in [-0.05, 0) is 20.8 Å². The summed E-state index contributed by atoms with van der Waals surface area (Å²) in [6.07, 6.45) is 0. The van der Waals surface area contributed by atoms with E-state index < -0.39 is 5.97 Å². The highest BCUT2D eigenvalue weighted by Gasteiger charge is 2.26. The quantitative estimate of drug-likeness (QED) is 0.530. The number of nitrogen functional groups attached to an aromatic ring is 1. The number of rotatable bonds is 7. The summed E-state index contributed by atoms with van der Waals surface area (Å²) < 4.78 is 5.00. The third-order valence-electron chi connectivity index (χ3n) is 2.52. The monoisotopic (exact) mass is 311 g/mol. The van der Waals surface area contributed by atoms with Crippen LogP contribution >= 0.6 is 11.3 Å². The standard InChI is InChI=1S/C14H21N3O3S/c1-5-16-12(18)11-10(15)9(14(19)20-6-2)13(21-11)17-7-8(3)4/h17H,3,5-7,15H2,1-2,4H3,(H,16,18). The number of nitrogens with two attached hydrogens (primary N) is 1. The molecule has 0 aliphatic heterocycles. The SMILES string of the molecule is C=C(C)CNc1sc(C(=O)NCC)c(N)c1C(=O)OCC. The summed E-state index contributed by atoms with van der Waals surface area (Å²) in [5.74, 6) is -0.833. The van der Waals surface area contributed by atoms with Gasteiger partial charge in [0.1, 0.15) is 15.4 Å². The minimum absolute atomic E-state index is 0.147. The van der Waals surface area contributed by atoms with Gasteiger partial charge in [-0.3, -0.25) is 4.79 Å². The Balaban J connectivity index is 3.19. The number of hydrogen-bond acceptors (Lipinski definition) is 6. The molecule has 0 saturated heterocycles. The number of carbonyl (C=O) groups is 2. The van der Waals surface area contributed by atoms with Crippen LogP contribution in [0.1, 0.15) is 40.8 Å². The Morgan fingerprint density at radius 2 is 2.05 bits per heavy atom. The van der Waals surface area contributed by atoms with Gasteiger partial charge < -0.3 is 21.1 Å². The topological polar surface area (TPSA) is 93.5 Å². The van der Waals surface area contributed by atoms with Gasteiger partial charge in [0.2, 0.25) is 0 Å². The van der Waals surface area contributed by atoms with Crippen molar-refractivity contribution in [3.05, 3.63) is 22.6 Å². The summed E-state index contributed by atoms with van der Waals surface area (Å²) in [7, 11) is 0. The van der Waals surface area contributed by atoms with E-state index in [4.69, 9.17) is 10.5 Å². The summed E-state index contributed by atoms with van der Waals surface area (Å²) in [6, 6.07) is 0. The van der Waals surface area contributed by atoms with Crippen molar-refractivity contribution in [3.63, 3.8) is 0 Å². The van der Waals surface area contributed by atoms with Gasteiger partial charge in [-0.25, -0.2) is 4.79 Å². The average Bonchev–Trinajstić information content (AvgIpc) is 2.74. The Kier molecular flexibility index (Phi) is 6.23. The van der Waals surface area contributed by atoms with Crippen LogP contribution in [0.25, 0.3) is 0 Å². The number of esters is 1. The second-order valence-corrected chi connectivity index (χ2v) is 5.46. The fourth-order valence-electron chi connectivity index (χ4n) is 1.61. The highest BCUT2D eigenvalue weighted by atomic mass is 32.1. The van der Waals surface area contributed by atoms with Crippen LogP contribution in [0.5, 0.6) is 0 Å². The molecule has 116 valence electrons. The Labute approximate surface area is 128 Å². The van der Waals surface area contributed by atoms with Gasteiger partial charge in [-0.2, -0.15) is 0 Å². The van der Waals surface area contributed by atoms with Crippen LogP contribution in [-0.2, 0) is 4.74 Å². The minimum Gasteiger partial charge on any atom is -0.462 e. The van der Waals surface area contributed by atoms with Gasteiger partial charge in [-0.15, -0.1) is 11.3 Å². The summed E-state index contributed by atoms with van der Waals surface area (Å²) in [6.45, 7) is 10.4. The summed E-state index contributed by atoms with van der Waals surface area (Å²) in [5.41, 5.74) is 7.22. The number of anilines is 2. The zero-order chi connectivity index (χ0) is 16.0. The fourth-order valence-corrected chi connectivity index (χ4v) is 2.64. The molecule has 0 radical (unpaired) electrons. The minimum atomic E-state index is -0.536. The lowest BCUT2D eigenvalue weighted by atomic mass is 10.2. The summed E-state index contributed by atoms with van der Waals surface area (Å²) in [4.78, 5) is 24.3. The van der Waals surface area contributed by atoms with Gasteiger partial charge in [0, 0.05) is 13.1 Å². The van der Waals surface area contributed by atoms with Gasteiger partial charge in [-0.1, -0.05) is 12.2 Å². The van der Waals surface area contributed by atoms with E-state index in [-0.39, 0.29) is 23.8 Å². The van der Waals surface area contributed by atoms with Gasteiger partial charge in [0.25, 0.3) is 5.91 Å². The molecule has 1 aromatic rings. The molecule has 0 saturated carbocycles. The highest BCUT2D eigenvalue weighted by molar-refractivity contribution is 7.19. The lowest BCUT2D eigenvalue weighted by molar-refractivity contribution is 0.0529. The molecule has 1 rings (SSSR count). The van der Waals surface area contributed by atoms with E-state index in [2.05, 4.69) is 17.2 Å². The number of thiophene rings is 1. The maximum Gasteiger partial charge on any atom is 0.343 e. The second kappa shape index (κ2) is 7.68. The average molecular weight is 311 g/mol. The van der Waals surface area contributed by atoms with Crippen LogP contribution in [0.2, 0.25) is 0 Å². The van der Waals surface area contributed by atoms with E-state index in [9.17, 15) is 9.59 Å². The van der Waals surface area contributed by atoms with Crippen LogP contribution in [0.15, 0.2) is 12.2 Å². The third kappa shape index (κ3) is 4.22. The van der Waals surface area contributed by atoms with E-state index in [1.54, 1.807) is 6.92 Å². The zero-order valence-electron chi connectivity index (χ0n) is 12.5. The summed E-state index contributed by atoms with van der Waals surface area (Å²) in [5, 5.41) is 6.26. The highest BCUT2D eigenvalue weighted by Crippen LogP contribution is 2.36. The van der Waals surface area contributed by atoms with E-state index in [1.165, 1.54) is 0 Å². The van der Waals surface area contributed by atoms with Crippen molar-refractivity contribution >= 4 is 33.9 Å². The lowest BCUT2D eigenvalue weighted by Gasteiger charge is -2.07. The van der Waals surface area contributed by atoms with Crippen LogP contribution in [-0.4, -0.2) is 31.6 Å². The van der Waals surface area contributed by atoms with Gasteiger partial charge in [0.15, 0.2) is 0 Å². The van der Waals surface area contributed by atoms with Crippen LogP contribution in [0, 0.1) is 0 Å². The summed E-state index contributed by atoms with van der Waals surface area (Å²) >= 11 is 1.14. The molecule has 0 unspecified atom stereocenters. The molecule has 1 heterocycles. The van der Waals surface area contributed by atoms with Crippen LogP contribution < -0.4 is 16.4 Å². The van der Waals surface area contributed by atoms with E-state index in [0.29, 0.717) is 23.0 Å². The number of carbonyl (C=O) groups excluding carboxylic acids is 2. The maximum absolute atomic E-state index is 12.0. The van der Waals surface area contributed by atoms with Crippen molar-refractivity contribution in [2.24, 2.45) is 0 Å².